The van der Waals surface area contributed by atoms with E-state index in [0.717, 1.165) is 12.8 Å². The molecule has 0 aromatic carbocycles. The lowest BCUT2D eigenvalue weighted by Gasteiger charge is -2.16. The second-order valence-corrected chi connectivity index (χ2v) is 6.92. The maximum absolute atomic E-state index is 10.4. The van der Waals surface area contributed by atoms with E-state index >= 15 is 0 Å². The van der Waals surface area contributed by atoms with Gasteiger partial charge in [0.1, 0.15) is 6.10 Å². The Labute approximate surface area is 167 Å². The van der Waals surface area contributed by atoms with E-state index in [2.05, 4.69) is 19.1 Å². The number of carboxylic acids is 1. The molecule has 1 aliphatic heterocycles. The largest absolute Gasteiger partial charge is 0.481 e. The molecule has 0 bridgehead atoms. The Balaban J connectivity index is 2.34. The molecule has 0 saturated carbocycles. The Morgan fingerprint density at radius 3 is 2.54 bits per heavy atom. The standard InChI is InChI=1S/C22H34O6/c1-2-3-4-5-6-8-11-17(23)14-15-20-19(25)16-21(28-20)18(24)12-9-7-10-13-22(26)27/h3-4,6-9,14-15,17-21,23-25H,2,5,10-13,16H2,1H3,(H,26,27)/b4-3-,8-6-,9-7-,15-14+/t17-,18+,19+,20-,21+/m0/s1. The lowest BCUT2D eigenvalue weighted by atomic mass is 10.0. The maximum atomic E-state index is 10.4. The van der Waals surface area contributed by atoms with Gasteiger partial charge >= 0.3 is 5.97 Å². The summed E-state index contributed by atoms with van der Waals surface area (Å²) in [6.07, 6.45) is 15.1. The van der Waals surface area contributed by atoms with Crippen molar-refractivity contribution in [2.45, 2.75) is 82.4 Å². The summed E-state index contributed by atoms with van der Waals surface area (Å²) >= 11 is 0. The van der Waals surface area contributed by atoms with Gasteiger partial charge in [-0.25, -0.2) is 0 Å². The summed E-state index contributed by atoms with van der Waals surface area (Å²) in [6.45, 7) is 2.08. The van der Waals surface area contributed by atoms with Gasteiger partial charge in [-0.1, -0.05) is 55.5 Å². The summed E-state index contributed by atoms with van der Waals surface area (Å²) in [7, 11) is 0. The van der Waals surface area contributed by atoms with Crippen LogP contribution in [0.1, 0.15) is 51.9 Å². The number of hydrogen-bond donors (Lipinski definition) is 4. The first-order valence-electron chi connectivity index (χ1n) is 9.98. The van der Waals surface area contributed by atoms with Gasteiger partial charge in [-0.3, -0.25) is 4.79 Å². The third-order valence-electron chi connectivity index (χ3n) is 4.42. The summed E-state index contributed by atoms with van der Waals surface area (Å²) in [5.74, 6) is -0.854. The molecule has 158 valence electrons. The second kappa shape index (κ2) is 14.3. The number of rotatable bonds is 13. The van der Waals surface area contributed by atoms with E-state index in [4.69, 9.17) is 9.84 Å². The third kappa shape index (κ3) is 10.6. The number of carboxylic acid groups (broad SMARTS) is 1. The molecule has 1 heterocycles. The quantitative estimate of drug-likeness (QED) is 0.358. The number of aliphatic hydroxyl groups excluding tert-OH is 3. The molecule has 28 heavy (non-hydrogen) atoms. The van der Waals surface area contributed by atoms with Crippen LogP contribution in [0.25, 0.3) is 0 Å². The van der Waals surface area contributed by atoms with Crippen molar-refractivity contribution in [3.05, 3.63) is 48.6 Å². The fraction of sp³-hybridized carbons (Fsp3) is 0.591. The minimum atomic E-state index is -0.854. The van der Waals surface area contributed by atoms with E-state index in [0.29, 0.717) is 25.7 Å². The van der Waals surface area contributed by atoms with E-state index in [1.807, 2.05) is 12.2 Å². The van der Waals surface area contributed by atoms with Crippen LogP contribution in [0.4, 0.5) is 0 Å². The van der Waals surface area contributed by atoms with Crippen LogP contribution >= 0.6 is 0 Å². The van der Waals surface area contributed by atoms with Crippen molar-refractivity contribution < 1.29 is 30.0 Å². The molecule has 1 rings (SSSR count). The van der Waals surface area contributed by atoms with Crippen molar-refractivity contribution in [2.24, 2.45) is 0 Å². The first-order chi connectivity index (χ1) is 13.4. The van der Waals surface area contributed by atoms with Crippen molar-refractivity contribution in [3.63, 3.8) is 0 Å². The van der Waals surface area contributed by atoms with Gasteiger partial charge in [0, 0.05) is 12.8 Å². The Kier molecular flexibility index (Phi) is 12.4. The summed E-state index contributed by atoms with van der Waals surface area (Å²) in [5, 5.41) is 38.9. The Bertz CT molecular complexity index is 551. The molecule has 0 aromatic rings. The van der Waals surface area contributed by atoms with Crippen LogP contribution in [0.2, 0.25) is 0 Å². The maximum Gasteiger partial charge on any atom is 0.303 e. The molecule has 1 aliphatic rings. The average molecular weight is 395 g/mol. The zero-order valence-electron chi connectivity index (χ0n) is 16.6. The van der Waals surface area contributed by atoms with Crippen molar-refractivity contribution in [3.8, 4) is 0 Å². The molecule has 6 nitrogen and oxygen atoms in total. The predicted octanol–water partition coefficient (Wildman–Crippen LogP) is 2.90. The molecule has 4 N–H and O–H groups in total. The molecular formula is C22H34O6. The Morgan fingerprint density at radius 2 is 1.82 bits per heavy atom. The third-order valence-corrected chi connectivity index (χ3v) is 4.42. The molecule has 0 amide bonds. The number of aliphatic hydroxyl groups is 3. The number of hydrogen-bond acceptors (Lipinski definition) is 5. The predicted molar refractivity (Wildman–Crippen MR) is 109 cm³/mol. The molecule has 0 unspecified atom stereocenters. The highest BCUT2D eigenvalue weighted by Crippen LogP contribution is 2.25. The number of ether oxygens (including phenoxy) is 1. The van der Waals surface area contributed by atoms with Gasteiger partial charge in [0.25, 0.3) is 0 Å². The zero-order valence-corrected chi connectivity index (χ0v) is 16.6. The van der Waals surface area contributed by atoms with Crippen LogP contribution < -0.4 is 0 Å². The van der Waals surface area contributed by atoms with Crippen LogP contribution in [0.5, 0.6) is 0 Å². The average Bonchev–Trinajstić information content (AvgIpc) is 3.03. The number of carbonyl (C=O) groups is 1. The van der Waals surface area contributed by atoms with E-state index in [9.17, 15) is 20.1 Å². The van der Waals surface area contributed by atoms with Crippen LogP contribution in [0, 0.1) is 0 Å². The molecule has 0 radical (unpaired) electrons. The molecule has 5 atom stereocenters. The molecule has 6 heteroatoms. The summed E-state index contributed by atoms with van der Waals surface area (Å²) in [6, 6.07) is 0. The van der Waals surface area contributed by atoms with Crippen molar-refractivity contribution in [1.29, 1.82) is 0 Å². The monoisotopic (exact) mass is 394 g/mol. The smallest absolute Gasteiger partial charge is 0.303 e. The van der Waals surface area contributed by atoms with Gasteiger partial charge in [-0.05, 0) is 32.1 Å². The van der Waals surface area contributed by atoms with E-state index in [-0.39, 0.29) is 6.42 Å². The molecule has 1 saturated heterocycles. The first kappa shape index (κ1) is 24.3. The van der Waals surface area contributed by atoms with Crippen LogP contribution in [0.3, 0.4) is 0 Å². The minimum absolute atomic E-state index is 0.0606. The normalized spacial score (nSPS) is 25.5. The van der Waals surface area contributed by atoms with Crippen molar-refractivity contribution >= 4 is 5.97 Å². The fourth-order valence-corrected chi connectivity index (χ4v) is 2.84. The van der Waals surface area contributed by atoms with Gasteiger partial charge in [-0.15, -0.1) is 0 Å². The lowest BCUT2D eigenvalue weighted by Crippen LogP contribution is -2.25. The molecular weight excluding hydrogens is 360 g/mol. The van der Waals surface area contributed by atoms with Gasteiger partial charge in [0.15, 0.2) is 0 Å². The summed E-state index contributed by atoms with van der Waals surface area (Å²) in [4.78, 5) is 10.4. The van der Waals surface area contributed by atoms with E-state index in [1.165, 1.54) is 0 Å². The summed E-state index contributed by atoms with van der Waals surface area (Å²) in [5.41, 5.74) is 0. The zero-order chi connectivity index (χ0) is 20.8. The fourth-order valence-electron chi connectivity index (χ4n) is 2.84. The molecule has 0 spiro atoms. The topological polar surface area (TPSA) is 107 Å². The van der Waals surface area contributed by atoms with Crippen LogP contribution in [0.15, 0.2) is 48.6 Å². The SMILES string of the molecule is CC/C=C\C/C=C\C[C@H](O)/C=C/[C@@H]1O[C@@H]([C@H](O)C/C=C\CCC(=O)O)C[C@H]1O. The van der Waals surface area contributed by atoms with Gasteiger partial charge in [0.2, 0.25) is 0 Å². The van der Waals surface area contributed by atoms with E-state index < -0.39 is 36.5 Å². The first-order valence-corrected chi connectivity index (χ1v) is 9.98. The van der Waals surface area contributed by atoms with Crippen LogP contribution in [-0.2, 0) is 9.53 Å². The lowest BCUT2D eigenvalue weighted by molar-refractivity contribution is -0.136. The van der Waals surface area contributed by atoms with Crippen LogP contribution in [-0.4, -0.2) is 56.9 Å². The van der Waals surface area contributed by atoms with Crippen molar-refractivity contribution in [1.82, 2.24) is 0 Å². The second-order valence-electron chi connectivity index (χ2n) is 6.92. The Hall–Kier alpha value is -1.73. The van der Waals surface area contributed by atoms with Gasteiger partial charge in [-0.2, -0.15) is 0 Å². The minimum Gasteiger partial charge on any atom is -0.481 e. The molecule has 0 aliphatic carbocycles. The summed E-state index contributed by atoms with van der Waals surface area (Å²) < 4.78 is 5.70. The number of aliphatic carboxylic acids is 1. The highest BCUT2D eigenvalue weighted by Gasteiger charge is 2.35. The molecule has 0 aromatic heterocycles. The highest BCUT2D eigenvalue weighted by molar-refractivity contribution is 5.66. The number of allylic oxidation sites excluding steroid dienone is 4. The van der Waals surface area contributed by atoms with Gasteiger partial charge < -0.3 is 25.2 Å². The molecule has 1 fully saturated rings. The van der Waals surface area contributed by atoms with Crippen molar-refractivity contribution in [2.75, 3.05) is 0 Å². The van der Waals surface area contributed by atoms with Gasteiger partial charge in [0.05, 0.1) is 24.4 Å². The van der Waals surface area contributed by atoms with E-state index in [1.54, 1.807) is 24.3 Å². The highest BCUT2D eigenvalue weighted by atomic mass is 16.5. The Morgan fingerprint density at radius 1 is 1.11 bits per heavy atom.